The van der Waals surface area contributed by atoms with Crippen molar-refractivity contribution >= 4 is 17.6 Å². The number of anilines is 1. The summed E-state index contributed by atoms with van der Waals surface area (Å²) in [5, 5.41) is 0. The van der Waals surface area contributed by atoms with Crippen LogP contribution in [0.1, 0.15) is 20.7 Å². The van der Waals surface area contributed by atoms with Crippen molar-refractivity contribution in [1.82, 2.24) is 0 Å². The van der Waals surface area contributed by atoms with Gasteiger partial charge < -0.3 is 24.7 Å². The molecule has 96 valence electrons. The molecule has 7 heteroatoms. The highest BCUT2D eigenvalue weighted by Crippen LogP contribution is 2.49. The maximum Gasteiger partial charge on any atom is 0.350 e. The summed E-state index contributed by atoms with van der Waals surface area (Å²) in [5.41, 5.74) is 5.67. The first-order valence-electron chi connectivity index (χ1n) is 4.94. The standard InChI is InChI=1S/C11H11NO6/c1-15-7-5-4(10(13)18-11(5)14)6(12)8(16-2)9(7)17-3/h12H2,1-3H3. The van der Waals surface area contributed by atoms with E-state index in [1.54, 1.807) is 0 Å². The highest BCUT2D eigenvalue weighted by atomic mass is 16.6. The van der Waals surface area contributed by atoms with Gasteiger partial charge in [-0.05, 0) is 0 Å². The second kappa shape index (κ2) is 4.10. The van der Waals surface area contributed by atoms with E-state index in [2.05, 4.69) is 4.74 Å². The highest BCUT2D eigenvalue weighted by Gasteiger charge is 2.40. The van der Waals surface area contributed by atoms with E-state index in [-0.39, 0.29) is 34.1 Å². The zero-order valence-corrected chi connectivity index (χ0v) is 10.0. The van der Waals surface area contributed by atoms with Crippen LogP contribution in [0.3, 0.4) is 0 Å². The molecular weight excluding hydrogens is 242 g/mol. The van der Waals surface area contributed by atoms with Gasteiger partial charge in [0.25, 0.3) is 0 Å². The third-order valence-corrected chi connectivity index (χ3v) is 2.61. The first kappa shape index (κ1) is 12.0. The second-order valence-corrected chi connectivity index (χ2v) is 3.44. The van der Waals surface area contributed by atoms with Crippen LogP contribution in [0.4, 0.5) is 5.69 Å². The normalized spacial score (nSPS) is 13.1. The van der Waals surface area contributed by atoms with Crippen LogP contribution in [-0.4, -0.2) is 33.3 Å². The molecule has 2 rings (SSSR count). The summed E-state index contributed by atoms with van der Waals surface area (Å²) in [6.45, 7) is 0. The Balaban J connectivity index is 2.89. The van der Waals surface area contributed by atoms with Gasteiger partial charge in [0, 0.05) is 0 Å². The van der Waals surface area contributed by atoms with Gasteiger partial charge in [-0.1, -0.05) is 0 Å². The van der Waals surface area contributed by atoms with Crippen molar-refractivity contribution in [2.24, 2.45) is 0 Å². The minimum absolute atomic E-state index is 0.0130. The first-order valence-corrected chi connectivity index (χ1v) is 4.94. The Hall–Kier alpha value is -2.44. The molecular formula is C11H11NO6. The van der Waals surface area contributed by atoms with Crippen molar-refractivity contribution < 1.29 is 28.5 Å². The number of fused-ring (bicyclic) bond motifs is 1. The fourth-order valence-electron chi connectivity index (χ4n) is 1.88. The summed E-state index contributed by atoms with van der Waals surface area (Å²) < 4.78 is 19.8. The maximum atomic E-state index is 11.6. The van der Waals surface area contributed by atoms with Crippen LogP contribution >= 0.6 is 0 Å². The van der Waals surface area contributed by atoms with E-state index in [0.717, 1.165) is 0 Å². The summed E-state index contributed by atoms with van der Waals surface area (Å²) >= 11 is 0. The van der Waals surface area contributed by atoms with Crippen molar-refractivity contribution in [3.63, 3.8) is 0 Å². The molecule has 2 N–H and O–H groups in total. The summed E-state index contributed by atoms with van der Waals surface area (Å²) in [5.74, 6) is -1.32. The van der Waals surface area contributed by atoms with E-state index in [9.17, 15) is 9.59 Å². The SMILES string of the molecule is COc1c(N)c2c(c(OC)c1OC)C(=O)OC2=O. The predicted octanol–water partition coefficient (Wildman–Crippen LogP) is 0.605. The van der Waals surface area contributed by atoms with E-state index >= 15 is 0 Å². The summed E-state index contributed by atoms with van der Waals surface area (Å²) in [4.78, 5) is 23.2. The Morgan fingerprint density at radius 1 is 0.833 bits per heavy atom. The van der Waals surface area contributed by atoms with Crippen LogP contribution in [0.2, 0.25) is 0 Å². The van der Waals surface area contributed by atoms with E-state index < -0.39 is 11.9 Å². The van der Waals surface area contributed by atoms with E-state index in [1.165, 1.54) is 21.3 Å². The van der Waals surface area contributed by atoms with Crippen molar-refractivity contribution in [3.05, 3.63) is 11.1 Å². The Morgan fingerprint density at radius 3 is 1.83 bits per heavy atom. The van der Waals surface area contributed by atoms with Crippen LogP contribution < -0.4 is 19.9 Å². The van der Waals surface area contributed by atoms with Crippen LogP contribution in [-0.2, 0) is 4.74 Å². The number of nitrogen functional groups attached to an aromatic ring is 1. The lowest BCUT2D eigenvalue weighted by atomic mass is 10.0. The average Bonchev–Trinajstić information content (AvgIpc) is 2.64. The molecule has 18 heavy (non-hydrogen) atoms. The quantitative estimate of drug-likeness (QED) is 0.478. The van der Waals surface area contributed by atoms with Gasteiger partial charge in [0.15, 0.2) is 11.5 Å². The molecule has 0 aliphatic carbocycles. The number of carbonyl (C=O) groups excluding carboxylic acids is 2. The molecule has 1 aromatic rings. The fraction of sp³-hybridized carbons (Fsp3) is 0.273. The van der Waals surface area contributed by atoms with Gasteiger partial charge in [-0.15, -0.1) is 0 Å². The Bertz CT molecular complexity index is 551. The van der Waals surface area contributed by atoms with Gasteiger partial charge in [0.05, 0.1) is 27.0 Å². The number of cyclic esters (lactones) is 2. The Kier molecular flexibility index (Phi) is 2.74. The molecule has 0 atom stereocenters. The molecule has 0 amide bonds. The molecule has 1 aliphatic heterocycles. The van der Waals surface area contributed by atoms with E-state index in [4.69, 9.17) is 19.9 Å². The van der Waals surface area contributed by atoms with Crippen LogP contribution in [0, 0.1) is 0 Å². The summed E-state index contributed by atoms with van der Waals surface area (Å²) in [7, 11) is 4.07. The second-order valence-electron chi connectivity index (χ2n) is 3.44. The molecule has 0 unspecified atom stereocenters. The smallest absolute Gasteiger partial charge is 0.350 e. The molecule has 0 saturated carbocycles. The first-order chi connectivity index (χ1) is 8.56. The fourth-order valence-corrected chi connectivity index (χ4v) is 1.88. The number of carbonyl (C=O) groups is 2. The van der Waals surface area contributed by atoms with Crippen molar-refractivity contribution in [2.45, 2.75) is 0 Å². The molecule has 1 aliphatic rings. The van der Waals surface area contributed by atoms with Gasteiger partial charge in [-0.3, -0.25) is 0 Å². The Labute approximate surface area is 102 Å². The zero-order chi connectivity index (χ0) is 13.4. The minimum atomic E-state index is -0.827. The number of ether oxygens (including phenoxy) is 4. The number of hydrogen-bond acceptors (Lipinski definition) is 7. The monoisotopic (exact) mass is 253 g/mol. The topological polar surface area (TPSA) is 97.1 Å². The van der Waals surface area contributed by atoms with E-state index in [0.29, 0.717) is 0 Å². The number of benzene rings is 1. The minimum Gasteiger partial charge on any atom is -0.492 e. The lowest BCUT2D eigenvalue weighted by Crippen LogP contribution is -2.07. The van der Waals surface area contributed by atoms with Gasteiger partial charge in [0.2, 0.25) is 5.75 Å². The van der Waals surface area contributed by atoms with Gasteiger partial charge >= 0.3 is 11.9 Å². The molecule has 0 bridgehead atoms. The predicted molar refractivity (Wildman–Crippen MR) is 60.3 cm³/mol. The van der Waals surface area contributed by atoms with E-state index in [1.807, 2.05) is 0 Å². The molecule has 0 spiro atoms. The molecule has 0 aromatic heterocycles. The van der Waals surface area contributed by atoms with Crippen LogP contribution in [0.25, 0.3) is 0 Å². The third kappa shape index (κ3) is 1.37. The molecule has 7 nitrogen and oxygen atoms in total. The van der Waals surface area contributed by atoms with Gasteiger partial charge in [-0.2, -0.15) is 0 Å². The maximum absolute atomic E-state index is 11.6. The molecule has 1 aromatic carbocycles. The molecule has 0 fully saturated rings. The van der Waals surface area contributed by atoms with Gasteiger partial charge in [0.1, 0.15) is 11.1 Å². The number of esters is 2. The van der Waals surface area contributed by atoms with Gasteiger partial charge in [-0.25, -0.2) is 9.59 Å². The number of methoxy groups -OCH3 is 3. The summed E-state index contributed by atoms with van der Waals surface area (Å²) in [6, 6.07) is 0. The van der Waals surface area contributed by atoms with Crippen molar-refractivity contribution in [1.29, 1.82) is 0 Å². The third-order valence-electron chi connectivity index (χ3n) is 2.61. The van der Waals surface area contributed by atoms with Crippen molar-refractivity contribution in [2.75, 3.05) is 27.1 Å². The number of hydrogen-bond donors (Lipinski definition) is 1. The van der Waals surface area contributed by atoms with Crippen molar-refractivity contribution in [3.8, 4) is 17.2 Å². The lowest BCUT2D eigenvalue weighted by molar-refractivity contribution is 0.0443. The number of nitrogens with two attached hydrogens (primary N) is 1. The summed E-state index contributed by atoms with van der Waals surface area (Å²) in [6.07, 6.45) is 0. The molecule has 0 saturated heterocycles. The van der Waals surface area contributed by atoms with Crippen LogP contribution in [0.15, 0.2) is 0 Å². The Morgan fingerprint density at radius 2 is 1.33 bits per heavy atom. The average molecular weight is 253 g/mol. The molecule has 1 heterocycles. The number of rotatable bonds is 3. The molecule has 0 radical (unpaired) electrons. The van der Waals surface area contributed by atoms with Crippen LogP contribution in [0.5, 0.6) is 17.2 Å². The zero-order valence-electron chi connectivity index (χ0n) is 10.0. The highest BCUT2D eigenvalue weighted by molar-refractivity contribution is 6.20. The lowest BCUT2D eigenvalue weighted by Gasteiger charge is -2.15. The largest absolute Gasteiger partial charge is 0.492 e.